The number of nitrogens with one attached hydrogen (secondary N) is 1. The van der Waals surface area contributed by atoms with Crippen molar-refractivity contribution in [2.24, 2.45) is 0 Å². The smallest absolute Gasteiger partial charge is 0.410 e. The predicted molar refractivity (Wildman–Crippen MR) is 113 cm³/mol. The average molecular weight is 408 g/mol. The Hall–Kier alpha value is -2.51. The second-order valence-corrected chi connectivity index (χ2v) is 8.45. The molecule has 1 fully saturated rings. The van der Waals surface area contributed by atoms with Crippen molar-refractivity contribution in [3.8, 4) is 5.75 Å². The van der Waals surface area contributed by atoms with Crippen LogP contribution < -0.4 is 10.1 Å². The van der Waals surface area contributed by atoms with Crippen LogP contribution in [0.5, 0.6) is 5.75 Å². The number of rotatable bonds is 7. The van der Waals surface area contributed by atoms with Gasteiger partial charge >= 0.3 is 6.09 Å². The summed E-state index contributed by atoms with van der Waals surface area (Å²) in [6.45, 7) is 12.5. The SMILES string of the molecule is CCC(C)(C)OC(=O)N1CCC(Nc2cc(C)c(OC(C)C)cc2[N+](=O)[O-])CC1. The Bertz CT molecular complexity index is 740. The molecule has 1 amide bonds. The van der Waals surface area contributed by atoms with Crippen molar-refractivity contribution in [2.45, 2.75) is 78.6 Å². The Morgan fingerprint density at radius 3 is 2.48 bits per heavy atom. The molecule has 8 nitrogen and oxygen atoms in total. The maximum Gasteiger partial charge on any atom is 0.410 e. The van der Waals surface area contributed by atoms with Gasteiger partial charge in [-0.05, 0) is 65.5 Å². The summed E-state index contributed by atoms with van der Waals surface area (Å²) in [7, 11) is 0. The Morgan fingerprint density at radius 2 is 1.97 bits per heavy atom. The van der Waals surface area contributed by atoms with Gasteiger partial charge in [-0.15, -0.1) is 0 Å². The number of nitrogens with zero attached hydrogens (tertiary/aromatic N) is 2. The van der Waals surface area contributed by atoms with Gasteiger partial charge in [-0.2, -0.15) is 0 Å². The van der Waals surface area contributed by atoms with Crippen LogP contribution in [0.25, 0.3) is 0 Å². The maximum atomic E-state index is 12.3. The van der Waals surface area contributed by atoms with Gasteiger partial charge in [0.25, 0.3) is 5.69 Å². The third-order valence-corrected chi connectivity index (χ3v) is 5.18. The third kappa shape index (κ3) is 6.24. The average Bonchev–Trinajstić information content (AvgIpc) is 2.63. The van der Waals surface area contributed by atoms with E-state index in [1.54, 1.807) is 11.0 Å². The molecule has 1 aliphatic heterocycles. The number of piperidine rings is 1. The van der Waals surface area contributed by atoms with E-state index in [0.29, 0.717) is 37.4 Å². The van der Waals surface area contributed by atoms with Crippen LogP contribution >= 0.6 is 0 Å². The minimum atomic E-state index is -0.482. The third-order valence-electron chi connectivity index (χ3n) is 5.18. The van der Waals surface area contributed by atoms with Crippen LogP contribution in [0.2, 0.25) is 0 Å². The summed E-state index contributed by atoms with van der Waals surface area (Å²) in [6, 6.07) is 3.30. The van der Waals surface area contributed by atoms with Crippen molar-refractivity contribution in [1.82, 2.24) is 4.90 Å². The highest BCUT2D eigenvalue weighted by Gasteiger charge is 2.29. The van der Waals surface area contributed by atoms with Gasteiger partial charge in [0, 0.05) is 19.1 Å². The largest absolute Gasteiger partial charge is 0.490 e. The van der Waals surface area contributed by atoms with E-state index in [1.807, 2.05) is 41.5 Å². The fraction of sp³-hybridized carbons (Fsp3) is 0.667. The number of carbonyl (C=O) groups excluding carboxylic acids is 1. The zero-order valence-electron chi connectivity index (χ0n) is 18.3. The second-order valence-electron chi connectivity index (χ2n) is 8.45. The Labute approximate surface area is 172 Å². The van der Waals surface area contributed by atoms with E-state index in [-0.39, 0.29) is 23.9 Å². The van der Waals surface area contributed by atoms with Gasteiger partial charge in [-0.1, -0.05) is 6.92 Å². The predicted octanol–water partition coefficient (Wildman–Crippen LogP) is 4.89. The standard InChI is InChI=1S/C21H33N3O5/c1-7-21(5,6)29-20(25)23-10-8-16(9-11-23)22-17-12-15(4)19(28-14(2)3)13-18(17)24(26)27/h12-14,16,22H,7-11H2,1-6H3. The Morgan fingerprint density at radius 1 is 1.34 bits per heavy atom. The van der Waals surface area contributed by atoms with Gasteiger partial charge in [0.05, 0.1) is 17.1 Å². The van der Waals surface area contributed by atoms with E-state index in [1.165, 1.54) is 6.07 Å². The first-order valence-electron chi connectivity index (χ1n) is 10.2. The van der Waals surface area contributed by atoms with E-state index in [2.05, 4.69) is 5.32 Å². The molecule has 0 aliphatic carbocycles. The van der Waals surface area contributed by atoms with Gasteiger partial charge in [-0.3, -0.25) is 10.1 Å². The number of hydrogen-bond acceptors (Lipinski definition) is 6. The Balaban J connectivity index is 2.04. The first-order valence-corrected chi connectivity index (χ1v) is 10.2. The lowest BCUT2D eigenvalue weighted by Crippen LogP contribution is -2.45. The maximum absolute atomic E-state index is 12.3. The molecule has 0 saturated carbocycles. The number of anilines is 1. The van der Waals surface area contributed by atoms with Crippen molar-refractivity contribution in [3.63, 3.8) is 0 Å². The van der Waals surface area contributed by atoms with Gasteiger partial charge in [0.1, 0.15) is 17.0 Å². The minimum Gasteiger partial charge on any atom is -0.490 e. The highest BCUT2D eigenvalue weighted by Crippen LogP contribution is 2.34. The molecule has 1 N–H and O–H groups in total. The summed E-state index contributed by atoms with van der Waals surface area (Å²) in [5, 5.41) is 14.9. The van der Waals surface area contributed by atoms with E-state index >= 15 is 0 Å². The van der Waals surface area contributed by atoms with E-state index in [9.17, 15) is 14.9 Å². The fourth-order valence-corrected chi connectivity index (χ4v) is 3.12. The Kier molecular flexibility index (Phi) is 7.32. The number of ether oxygens (including phenoxy) is 2. The minimum absolute atomic E-state index is 0.00205. The van der Waals surface area contributed by atoms with Gasteiger partial charge in [0.2, 0.25) is 0 Å². The van der Waals surface area contributed by atoms with Gasteiger partial charge in [-0.25, -0.2) is 4.79 Å². The zero-order chi connectivity index (χ0) is 21.8. The van der Waals surface area contributed by atoms with Crippen molar-refractivity contribution < 1.29 is 19.2 Å². The second kappa shape index (κ2) is 9.33. The number of nitro benzene ring substituents is 1. The molecule has 1 aromatic rings. The zero-order valence-corrected chi connectivity index (χ0v) is 18.3. The van der Waals surface area contributed by atoms with E-state index in [4.69, 9.17) is 9.47 Å². The molecule has 0 radical (unpaired) electrons. The van der Waals surface area contributed by atoms with Crippen LogP contribution in [-0.4, -0.2) is 46.8 Å². The number of likely N-dealkylation sites (tertiary alicyclic amines) is 1. The molecule has 2 rings (SSSR count). The summed E-state index contributed by atoms with van der Waals surface area (Å²) < 4.78 is 11.2. The lowest BCUT2D eigenvalue weighted by Gasteiger charge is -2.34. The van der Waals surface area contributed by atoms with Crippen LogP contribution in [0.15, 0.2) is 12.1 Å². The van der Waals surface area contributed by atoms with Crippen molar-refractivity contribution in [2.75, 3.05) is 18.4 Å². The van der Waals surface area contributed by atoms with Crippen molar-refractivity contribution in [1.29, 1.82) is 0 Å². The number of nitro groups is 1. The van der Waals surface area contributed by atoms with E-state index < -0.39 is 10.5 Å². The molecule has 0 atom stereocenters. The molecule has 0 aromatic heterocycles. The molecule has 162 valence electrons. The molecular weight excluding hydrogens is 374 g/mol. The molecule has 1 aromatic carbocycles. The van der Waals surface area contributed by atoms with Crippen LogP contribution in [0.4, 0.5) is 16.2 Å². The number of carbonyl (C=O) groups is 1. The van der Waals surface area contributed by atoms with Crippen LogP contribution in [-0.2, 0) is 4.74 Å². The molecule has 1 saturated heterocycles. The normalized spacial score (nSPS) is 15.3. The quantitative estimate of drug-likeness (QED) is 0.511. The number of amides is 1. The summed E-state index contributed by atoms with van der Waals surface area (Å²) in [6.07, 6.45) is 1.78. The first-order chi connectivity index (χ1) is 13.5. The number of hydrogen-bond donors (Lipinski definition) is 1. The molecule has 1 heterocycles. The van der Waals surface area contributed by atoms with E-state index in [0.717, 1.165) is 12.0 Å². The summed E-state index contributed by atoms with van der Waals surface area (Å²) >= 11 is 0. The van der Waals surface area contributed by atoms with Crippen LogP contribution in [0.3, 0.4) is 0 Å². The molecule has 0 unspecified atom stereocenters. The topological polar surface area (TPSA) is 93.9 Å². The molecule has 29 heavy (non-hydrogen) atoms. The van der Waals surface area contributed by atoms with Crippen molar-refractivity contribution in [3.05, 3.63) is 27.8 Å². The van der Waals surface area contributed by atoms with Gasteiger partial charge < -0.3 is 19.7 Å². The lowest BCUT2D eigenvalue weighted by molar-refractivity contribution is -0.384. The molecule has 0 spiro atoms. The lowest BCUT2D eigenvalue weighted by atomic mass is 10.0. The van der Waals surface area contributed by atoms with Crippen LogP contribution in [0, 0.1) is 17.0 Å². The van der Waals surface area contributed by atoms with Gasteiger partial charge in [0.15, 0.2) is 0 Å². The summed E-state index contributed by atoms with van der Waals surface area (Å²) in [5.41, 5.74) is 0.841. The number of aryl methyl sites for hydroxylation is 1. The molecule has 8 heteroatoms. The first kappa shape index (κ1) is 22.8. The molecule has 0 bridgehead atoms. The van der Waals surface area contributed by atoms with Crippen LogP contribution in [0.1, 0.15) is 59.4 Å². The highest BCUT2D eigenvalue weighted by molar-refractivity contribution is 5.69. The fourth-order valence-electron chi connectivity index (χ4n) is 3.12. The monoisotopic (exact) mass is 407 g/mol. The summed E-state index contributed by atoms with van der Waals surface area (Å²) in [5.74, 6) is 0.522. The number of benzene rings is 1. The molecule has 1 aliphatic rings. The molecular formula is C21H33N3O5. The summed E-state index contributed by atoms with van der Waals surface area (Å²) in [4.78, 5) is 25.2. The van der Waals surface area contributed by atoms with Crippen molar-refractivity contribution >= 4 is 17.5 Å². The highest BCUT2D eigenvalue weighted by atomic mass is 16.6.